The number of aromatic nitrogens is 4. The Kier molecular flexibility index (Phi) is 5.87. The molecule has 7 aromatic rings. The van der Waals surface area contributed by atoms with Gasteiger partial charge in [0.1, 0.15) is 17.1 Å². The van der Waals surface area contributed by atoms with Crippen molar-refractivity contribution in [2.24, 2.45) is 0 Å². The van der Waals surface area contributed by atoms with E-state index >= 15 is 0 Å². The Morgan fingerprint density at radius 1 is 0.550 bits per heavy atom. The molecule has 0 bridgehead atoms. The van der Waals surface area contributed by atoms with E-state index in [1.807, 2.05) is 91.4 Å². The molecule has 0 saturated heterocycles. The van der Waals surface area contributed by atoms with Gasteiger partial charge in [-0.15, -0.1) is 0 Å². The highest BCUT2D eigenvalue weighted by atomic mass is 16.3. The number of rotatable bonds is 5. The molecule has 0 aliphatic carbocycles. The zero-order valence-corrected chi connectivity index (χ0v) is 21.5. The number of fused-ring (bicyclic) bond motifs is 1. The van der Waals surface area contributed by atoms with E-state index in [0.29, 0.717) is 11.4 Å². The number of hydrogen-bond acceptors (Lipinski definition) is 4. The summed E-state index contributed by atoms with van der Waals surface area (Å²) < 4.78 is 2.05. The summed E-state index contributed by atoms with van der Waals surface area (Å²) >= 11 is 0. The molecule has 0 unspecified atom stereocenters. The van der Waals surface area contributed by atoms with Crippen molar-refractivity contribution in [3.05, 3.63) is 140 Å². The molecule has 0 radical (unpaired) electrons. The Morgan fingerprint density at radius 2 is 1.27 bits per heavy atom. The molecule has 5 heteroatoms. The largest absolute Gasteiger partial charge is 0.507 e. The van der Waals surface area contributed by atoms with E-state index in [4.69, 9.17) is 9.97 Å². The number of para-hydroxylation sites is 2. The maximum atomic E-state index is 10.7. The first-order chi connectivity index (χ1) is 19.8. The van der Waals surface area contributed by atoms with Crippen LogP contribution in [0, 0.1) is 0 Å². The fraction of sp³-hybridized carbons (Fsp3) is 0. The second-order valence-corrected chi connectivity index (χ2v) is 9.56. The van der Waals surface area contributed by atoms with Crippen LogP contribution in [-0.4, -0.2) is 24.6 Å². The van der Waals surface area contributed by atoms with Gasteiger partial charge in [0.05, 0.1) is 23.0 Å². The molecule has 1 N–H and O–H groups in total. The number of phenolic OH excluding ortho intramolecular Hbond substituents is 1. The molecule has 0 spiro atoms. The molecule has 0 aliphatic rings. The Hall–Kier alpha value is -5.55. The summed E-state index contributed by atoms with van der Waals surface area (Å²) in [4.78, 5) is 14.5. The third-order valence-electron chi connectivity index (χ3n) is 7.07. The normalized spacial score (nSPS) is 11.1. The molecule has 3 aromatic heterocycles. The van der Waals surface area contributed by atoms with Gasteiger partial charge in [-0.25, -0.2) is 4.98 Å². The van der Waals surface area contributed by atoms with Gasteiger partial charge in [-0.1, -0.05) is 84.9 Å². The van der Waals surface area contributed by atoms with E-state index in [0.717, 1.165) is 50.2 Å². The number of hydrogen-bond donors (Lipinski definition) is 1. The van der Waals surface area contributed by atoms with Gasteiger partial charge in [-0.2, -0.15) is 0 Å². The lowest BCUT2D eigenvalue weighted by molar-refractivity contribution is 0.477. The number of aromatic hydroxyl groups is 1. The van der Waals surface area contributed by atoms with Crippen LogP contribution in [0.1, 0.15) is 0 Å². The summed E-state index contributed by atoms with van der Waals surface area (Å²) in [5.74, 6) is 0.833. The highest BCUT2D eigenvalue weighted by Gasteiger charge is 2.20. The predicted octanol–water partition coefficient (Wildman–Crippen LogP) is 8.19. The minimum atomic E-state index is 0.177. The van der Waals surface area contributed by atoms with E-state index in [1.165, 1.54) is 0 Å². The average molecular weight is 517 g/mol. The van der Waals surface area contributed by atoms with Crippen molar-refractivity contribution < 1.29 is 5.11 Å². The fourth-order valence-corrected chi connectivity index (χ4v) is 5.10. The molecule has 5 nitrogen and oxygen atoms in total. The van der Waals surface area contributed by atoms with Gasteiger partial charge in [0, 0.05) is 34.8 Å². The number of benzene rings is 4. The van der Waals surface area contributed by atoms with Crippen molar-refractivity contribution in [1.82, 2.24) is 19.5 Å². The molecule has 4 aromatic carbocycles. The van der Waals surface area contributed by atoms with Crippen LogP contribution in [0.2, 0.25) is 0 Å². The third kappa shape index (κ3) is 4.20. The van der Waals surface area contributed by atoms with Gasteiger partial charge in [-0.05, 0) is 47.5 Å². The Labute approximate surface area is 231 Å². The summed E-state index contributed by atoms with van der Waals surface area (Å²) in [6.07, 6.45) is 5.60. The van der Waals surface area contributed by atoms with Crippen LogP contribution in [0.5, 0.6) is 5.75 Å². The minimum absolute atomic E-state index is 0.177. The summed E-state index contributed by atoms with van der Waals surface area (Å²) in [6.45, 7) is 0. The monoisotopic (exact) mass is 516 g/mol. The van der Waals surface area contributed by atoms with E-state index < -0.39 is 0 Å². The zero-order chi connectivity index (χ0) is 26.9. The smallest absolute Gasteiger partial charge is 0.149 e. The first-order valence-electron chi connectivity index (χ1n) is 13.1. The highest BCUT2D eigenvalue weighted by Crippen LogP contribution is 2.37. The molecule has 0 atom stereocenters. The van der Waals surface area contributed by atoms with Crippen molar-refractivity contribution in [2.75, 3.05) is 0 Å². The van der Waals surface area contributed by atoms with Crippen LogP contribution in [-0.2, 0) is 0 Å². The van der Waals surface area contributed by atoms with E-state index in [1.54, 1.807) is 6.07 Å². The van der Waals surface area contributed by atoms with Gasteiger partial charge in [0.15, 0.2) is 0 Å². The lowest BCUT2D eigenvalue weighted by Gasteiger charge is -2.10. The summed E-state index contributed by atoms with van der Waals surface area (Å²) in [6, 6.07) is 40.0. The fourth-order valence-electron chi connectivity index (χ4n) is 5.10. The van der Waals surface area contributed by atoms with Gasteiger partial charge in [-0.3, -0.25) is 14.5 Å². The first-order valence-corrected chi connectivity index (χ1v) is 13.1. The molecule has 40 heavy (non-hydrogen) atoms. The van der Waals surface area contributed by atoms with Crippen molar-refractivity contribution in [2.45, 2.75) is 0 Å². The van der Waals surface area contributed by atoms with Gasteiger partial charge < -0.3 is 5.11 Å². The zero-order valence-electron chi connectivity index (χ0n) is 21.5. The molecular weight excluding hydrogens is 492 g/mol. The lowest BCUT2D eigenvalue weighted by Crippen LogP contribution is -1.97. The number of imidazole rings is 1. The molecule has 7 rings (SSSR count). The molecule has 3 heterocycles. The standard InChI is InChI=1S/C35H24N4O/c40-33-17-8-7-16-29(33)35-38-34-30(22-36-23-32(34)39(35)28-14-5-2-6-15-28)25-12-9-13-26(20-25)31-19-18-27(21-37-31)24-10-3-1-4-11-24/h1-23,40H. The average Bonchev–Trinajstić information content (AvgIpc) is 3.42. The molecule has 0 fully saturated rings. The van der Waals surface area contributed by atoms with Crippen LogP contribution in [0.4, 0.5) is 0 Å². The molecule has 0 aliphatic heterocycles. The van der Waals surface area contributed by atoms with Crippen LogP contribution in [0.3, 0.4) is 0 Å². The Morgan fingerprint density at radius 3 is 2.05 bits per heavy atom. The van der Waals surface area contributed by atoms with Crippen LogP contribution in [0.25, 0.3) is 61.6 Å². The number of pyridine rings is 2. The van der Waals surface area contributed by atoms with Crippen molar-refractivity contribution in [3.8, 4) is 56.3 Å². The number of nitrogens with zero attached hydrogens (tertiary/aromatic N) is 4. The van der Waals surface area contributed by atoms with Crippen LogP contribution >= 0.6 is 0 Å². The topological polar surface area (TPSA) is 63.8 Å². The highest BCUT2D eigenvalue weighted by molar-refractivity contribution is 5.95. The second-order valence-electron chi connectivity index (χ2n) is 9.56. The first kappa shape index (κ1) is 23.6. The second kappa shape index (κ2) is 9.97. The van der Waals surface area contributed by atoms with Crippen molar-refractivity contribution in [1.29, 1.82) is 0 Å². The van der Waals surface area contributed by atoms with Crippen LogP contribution < -0.4 is 0 Å². The van der Waals surface area contributed by atoms with Gasteiger partial charge >= 0.3 is 0 Å². The van der Waals surface area contributed by atoms with Crippen molar-refractivity contribution >= 4 is 11.0 Å². The summed E-state index contributed by atoms with van der Waals surface area (Å²) in [5.41, 5.74) is 9.30. The maximum absolute atomic E-state index is 10.7. The summed E-state index contributed by atoms with van der Waals surface area (Å²) in [5, 5.41) is 10.7. The van der Waals surface area contributed by atoms with E-state index in [9.17, 15) is 5.11 Å². The van der Waals surface area contributed by atoms with Crippen LogP contribution in [0.15, 0.2) is 140 Å². The SMILES string of the molecule is Oc1ccccc1-c1nc2c(-c3cccc(-c4ccc(-c5ccccc5)cn4)c3)cncc2n1-c1ccccc1. The predicted molar refractivity (Wildman–Crippen MR) is 160 cm³/mol. The summed E-state index contributed by atoms with van der Waals surface area (Å²) in [7, 11) is 0. The quantitative estimate of drug-likeness (QED) is 0.250. The van der Waals surface area contributed by atoms with Gasteiger partial charge in [0.25, 0.3) is 0 Å². The molecule has 190 valence electrons. The molecule has 0 amide bonds. The minimum Gasteiger partial charge on any atom is -0.507 e. The lowest BCUT2D eigenvalue weighted by atomic mass is 10.0. The van der Waals surface area contributed by atoms with Crippen molar-refractivity contribution in [3.63, 3.8) is 0 Å². The molecule has 0 saturated carbocycles. The maximum Gasteiger partial charge on any atom is 0.149 e. The number of phenols is 1. The van der Waals surface area contributed by atoms with E-state index in [-0.39, 0.29) is 5.75 Å². The third-order valence-corrected chi connectivity index (χ3v) is 7.07. The van der Waals surface area contributed by atoms with E-state index in [2.05, 4.69) is 52.0 Å². The Bertz CT molecular complexity index is 1950. The Balaban J connectivity index is 1.36. The van der Waals surface area contributed by atoms with Gasteiger partial charge in [0.2, 0.25) is 0 Å². The molecular formula is C35H24N4O.